The molecule has 13 rings (SSSR count). The molecule has 4 aromatic heterocycles. The molecule has 4 heterocycles. The molecule has 0 unspecified atom stereocenters. The summed E-state index contributed by atoms with van der Waals surface area (Å²) in [6.07, 6.45) is 0. The fourth-order valence-electron chi connectivity index (χ4n) is 10.3. The minimum Gasteiger partial charge on any atom is -0.456 e. The van der Waals surface area contributed by atoms with Crippen LogP contribution in [0.3, 0.4) is 0 Å². The molecule has 8 aromatic carbocycles. The Balaban J connectivity index is 1.12. The van der Waals surface area contributed by atoms with Gasteiger partial charge in [0.15, 0.2) is 0 Å². The highest BCUT2D eigenvalue weighted by atomic mass is 16.3. The predicted octanol–water partition coefficient (Wildman–Crippen LogP) is 13.0. The number of aromatic nitrogens is 5. The van der Waals surface area contributed by atoms with E-state index < -0.39 is 0 Å². The highest BCUT2D eigenvalue weighted by Crippen LogP contribution is 2.51. The van der Waals surface area contributed by atoms with Crippen LogP contribution in [0.25, 0.3) is 111 Å². The molecular formula is C55H38N5O+. The van der Waals surface area contributed by atoms with Gasteiger partial charge in [-0.3, -0.25) is 0 Å². The second kappa shape index (κ2) is 12.4. The second-order valence-corrected chi connectivity index (χ2v) is 16.9. The maximum atomic E-state index is 6.65. The summed E-state index contributed by atoms with van der Waals surface area (Å²) in [5.74, 6) is 2.12. The summed E-state index contributed by atoms with van der Waals surface area (Å²) in [5, 5.41) is 6.89. The average Bonchev–Trinajstić information content (AvgIpc) is 4.01. The van der Waals surface area contributed by atoms with E-state index >= 15 is 0 Å². The van der Waals surface area contributed by atoms with Crippen LogP contribution < -0.4 is 4.57 Å². The number of nitrogens with zero attached hydrogens (tertiary/aromatic N) is 5. The van der Waals surface area contributed by atoms with E-state index in [4.69, 9.17) is 14.4 Å². The fraction of sp³-hybridized carbons (Fsp3) is 0.0727. The van der Waals surface area contributed by atoms with Crippen molar-refractivity contribution in [3.8, 4) is 45.5 Å². The second-order valence-electron chi connectivity index (χ2n) is 16.9. The van der Waals surface area contributed by atoms with Crippen molar-refractivity contribution in [2.75, 3.05) is 0 Å². The van der Waals surface area contributed by atoms with Gasteiger partial charge in [0, 0.05) is 50.3 Å². The number of furan rings is 1. The number of rotatable bonds is 4. The Morgan fingerprint density at radius 1 is 0.443 bits per heavy atom. The molecule has 0 aliphatic heterocycles. The van der Waals surface area contributed by atoms with Gasteiger partial charge in [-0.1, -0.05) is 145 Å². The fourth-order valence-corrected chi connectivity index (χ4v) is 10.3. The van der Waals surface area contributed by atoms with Crippen molar-refractivity contribution in [2.24, 2.45) is 7.05 Å². The van der Waals surface area contributed by atoms with Crippen LogP contribution in [0.1, 0.15) is 25.0 Å². The maximum Gasteiger partial charge on any atom is 0.335 e. The van der Waals surface area contributed by atoms with E-state index in [9.17, 15) is 0 Å². The summed E-state index contributed by atoms with van der Waals surface area (Å²) in [4.78, 5) is 11.1. The van der Waals surface area contributed by atoms with Gasteiger partial charge in [-0.05, 0) is 88.0 Å². The Morgan fingerprint density at radius 2 is 1.03 bits per heavy atom. The molecule has 288 valence electrons. The summed E-state index contributed by atoms with van der Waals surface area (Å²) in [6, 6.07) is 62.8. The molecular weight excluding hydrogens is 747 g/mol. The summed E-state index contributed by atoms with van der Waals surface area (Å²) < 4.78 is 13.4. The van der Waals surface area contributed by atoms with Crippen molar-refractivity contribution in [3.05, 3.63) is 187 Å². The van der Waals surface area contributed by atoms with Gasteiger partial charge >= 0.3 is 11.9 Å². The lowest BCUT2D eigenvalue weighted by Gasteiger charge is -2.21. The smallest absolute Gasteiger partial charge is 0.335 e. The number of hydrogen-bond acceptors (Lipinski definition) is 3. The van der Waals surface area contributed by atoms with E-state index in [-0.39, 0.29) is 5.41 Å². The molecule has 6 heteroatoms. The van der Waals surface area contributed by atoms with Gasteiger partial charge in [0.2, 0.25) is 0 Å². The van der Waals surface area contributed by atoms with Gasteiger partial charge in [0.25, 0.3) is 5.82 Å². The lowest BCUT2D eigenvalue weighted by molar-refractivity contribution is -0.664. The van der Waals surface area contributed by atoms with Gasteiger partial charge in [-0.25, -0.2) is 13.7 Å². The van der Waals surface area contributed by atoms with Crippen molar-refractivity contribution in [1.29, 1.82) is 0 Å². The third-order valence-electron chi connectivity index (χ3n) is 13.2. The average molecular weight is 785 g/mol. The molecule has 0 bridgehead atoms. The molecule has 0 amide bonds. The van der Waals surface area contributed by atoms with Crippen LogP contribution in [0.15, 0.2) is 180 Å². The molecule has 61 heavy (non-hydrogen) atoms. The number of fused-ring (bicyclic) bond motifs is 12. The van der Waals surface area contributed by atoms with E-state index in [2.05, 4.69) is 211 Å². The van der Waals surface area contributed by atoms with E-state index in [1.165, 1.54) is 43.8 Å². The van der Waals surface area contributed by atoms with Crippen molar-refractivity contribution in [1.82, 2.24) is 19.1 Å². The van der Waals surface area contributed by atoms with E-state index in [0.29, 0.717) is 5.82 Å². The van der Waals surface area contributed by atoms with Gasteiger partial charge in [-0.2, -0.15) is 0 Å². The molecule has 0 saturated carbocycles. The zero-order valence-corrected chi connectivity index (χ0v) is 33.9. The zero-order valence-electron chi connectivity index (χ0n) is 33.9. The van der Waals surface area contributed by atoms with E-state index in [0.717, 1.165) is 72.6 Å². The zero-order chi connectivity index (χ0) is 40.6. The number of benzene rings is 8. The molecule has 1 aliphatic carbocycles. The normalized spacial score (nSPS) is 13.3. The molecule has 0 N–H and O–H groups in total. The maximum absolute atomic E-state index is 6.65. The largest absolute Gasteiger partial charge is 0.456 e. The topological polar surface area (TPSA) is 52.7 Å². The van der Waals surface area contributed by atoms with Crippen molar-refractivity contribution in [3.63, 3.8) is 0 Å². The highest BCUT2D eigenvalue weighted by molar-refractivity contribution is 6.14. The molecule has 0 saturated heterocycles. The SMILES string of the molecule is C[n+]1c(-n2c3ccccc3c3ccccc32)nc(-c2ccc3c(c2)oc2cccc(-c4ccccc4)c23)nc1-n1c2ccccc2c2cc3c(cc21)-c1ccccc1C3(C)C. The van der Waals surface area contributed by atoms with Gasteiger partial charge < -0.3 is 4.42 Å². The number of hydrogen-bond donors (Lipinski definition) is 0. The summed E-state index contributed by atoms with van der Waals surface area (Å²) in [5.41, 5.74) is 14.3. The van der Waals surface area contributed by atoms with Crippen molar-refractivity contribution in [2.45, 2.75) is 19.3 Å². The Morgan fingerprint density at radius 3 is 1.74 bits per heavy atom. The first-order valence-corrected chi connectivity index (χ1v) is 20.9. The molecule has 1 aliphatic rings. The first kappa shape index (κ1) is 34.1. The lowest BCUT2D eigenvalue weighted by Crippen LogP contribution is -2.41. The van der Waals surface area contributed by atoms with Crippen LogP contribution in [-0.2, 0) is 12.5 Å². The molecule has 0 atom stereocenters. The minimum absolute atomic E-state index is 0.128. The molecule has 0 spiro atoms. The third-order valence-corrected chi connectivity index (χ3v) is 13.2. The van der Waals surface area contributed by atoms with E-state index in [1.54, 1.807) is 0 Å². The first-order valence-electron chi connectivity index (χ1n) is 20.9. The minimum atomic E-state index is -0.128. The molecule has 0 fully saturated rings. The van der Waals surface area contributed by atoms with Gasteiger partial charge in [0.1, 0.15) is 11.2 Å². The Bertz CT molecular complexity index is 3760. The van der Waals surface area contributed by atoms with Crippen LogP contribution in [0, 0.1) is 0 Å². The third kappa shape index (κ3) is 4.70. The summed E-state index contributed by atoms with van der Waals surface area (Å²) in [7, 11) is 2.10. The summed E-state index contributed by atoms with van der Waals surface area (Å²) >= 11 is 0. The highest BCUT2D eigenvalue weighted by Gasteiger charge is 2.37. The van der Waals surface area contributed by atoms with Gasteiger partial charge in [0.05, 0.1) is 22.1 Å². The Labute approximate surface area is 351 Å². The molecule has 0 radical (unpaired) electrons. The monoisotopic (exact) mass is 784 g/mol. The van der Waals surface area contributed by atoms with Crippen molar-refractivity contribution < 1.29 is 8.98 Å². The van der Waals surface area contributed by atoms with Gasteiger partial charge in [-0.15, -0.1) is 0 Å². The predicted molar refractivity (Wildman–Crippen MR) is 248 cm³/mol. The van der Waals surface area contributed by atoms with Crippen LogP contribution in [0.2, 0.25) is 0 Å². The molecule has 6 nitrogen and oxygen atoms in total. The quantitative estimate of drug-likeness (QED) is 0.167. The standard InChI is InChI=1S/C55H38N5O/c1-55(2)43-23-11-7-18-36(43)41-32-48-42(31-44(41)55)39-21-10-14-26-47(39)60(48)54-57-52(56-53(58(54)3)59-45-24-12-8-19-37(45)38-20-9-13-25-46(38)59)34-28-29-40-50(30-34)61-49-27-15-22-35(51(40)49)33-16-5-4-6-17-33/h4-32H,1-3H3/q+1. The van der Waals surface area contributed by atoms with Crippen molar-refractivity contribution >= 4 is 65.6 Å². The first-order chi connectivity index (χ1) is 29.9. The van der Waals surface area contributed by atoms with Crippen LogP contribution in [0.5, 0.6) is 0 Å². The van der Waals surface area contributed by atoms with E-state index in [1.807, 2.05) is 0 Å². The molecule has 12 aromatic rings. The van der Waals surface area contributed by atoms with Crippen LogP contribution in [0.4, 0.5) is 0 Å². The number of para-hydroxylation sites is 3. The Hall–Kier alpha value is -7.83. The van der Waals surface area contributed by atoms with Crippen LogP contribution >= 0.6 is 0 Å². The summed E-state index contributed by atoms with van der Waals surface area (Å²) in [6.45, 7) is 4.69. The Kier molecular flexibility index (Phi) is 6.90. The van der Waals surface area contributed by atoms with Crippen LogP contribution in [-0.4, -0.2) is 19.1 Å². The lowest BCUT2D eigenvalue weighted by atomic mass is 9.82.